The molecule has 0 unspecified atom stereocenters. The Morgan fingerprint density at radius 1 is 1.33 bits per heavy atom. The Morgan fingerprint density at radius 3 is 2.47 bits per heavy atom. The number of alkyl halides is 2. The van der Waals surface area contributed by atoms with Crippen molar-refractivity contribution in [3.05, 3.63) is 34.3 Å². The smallest absolute Gasteiger partial charge is 0.252 e. The average molecular weight is 232 g/mol. The minimum atomic E-state index is -2.64. The number of halogens is 3. The fourth-order valence-electron chi connectivity index (χ4n) is 2.09. The van der Waals surface area contributed by atoms with Gasteiger partial charge in [-0.3, -0.25) is 0 Å². The number of hydrogen-bond donors (Lipinski definition) is 1. The van der Waals surface area contributed by atoms with Crippen molar-refractivity contribution in [3.8, 4) is 0 Å². The first-order valence-electron chi connectivity index (χ1n) is 4.76. The van der Waals surface area contributed by atoms with Gasteiger partial charge in [-0.2, -0.15) is 0 Å². The standard InChI is InChI=1S/C11H12ClF2N/c1-7-3-2-4-8(9(7)12)10(15)5-11(13,14)6-10/h2-4H,5-6,15H2,1H3. The second-order valence-electron chi connectivity index (χ2n) is 4.30. The summed E-state index contributed by atoms with van der Waals surface area (Å²) in [5.41, 5.74) is 6.46. The van der Waals surface area contributed by atoms with Crippen LogP contribution in [0, 0.1) is 6.92 Å². The van der Waals surface area contributed by atoms with Crippen molar-refractivity contribution in [2.24, 2.45) is 5.73 Å². The first-order valence-corrected chi connectivity index (χ1v) is 5.14. The molecule has 0 saturated heterocycles. The molecule has 0 bridgehead atoms. The largest absolute Gasteiger partial charge is 0.321 e. The molecule has 4 heteroatoms. The van der Waals surface area contributed by atoms with E-state index in [2.05, 4.69) is 0 Å². The predicted molar refractivity (Wildman–Crippen MR) is 56.2 cm³/mol. The second-order valence-corrected chi connectivity index (χ2v) is 4.68. The van der Waals surface area contributed by atoms with E-state index >= 15 is 0 Å². The maximum atomic E-state index is 12.8. The lowest BCUT2D eigenvalue weighted by Crippen LogP contribution is -2.55. The van der Waals surface area contributed by atoms with Crippen LogP contribution < -0.4 is 5.73 Å². The summed E-state index contributed by atoms with van der Waals surface area (Å²) in [4.78, 5) is 0. The van der Waals surface area contributed by atoms with Crippen LogP contribution in [0.5, 0.6) is 0 Å². The zero-order chi connectivity index (χ0) is 11.3. The maximum absolute atomic E-state index is 12.8. The second kappa shape index (κ2) is 3.16. The molecule has 0 radical (unpaired) electrons. The van der Waals surface area contributed by atoms with Crippen LogP contribution >= 0.6 is 11.6 Å². The van der Waals surface area contributed by atoms with Crippen molar-refractivity contribution in [3.63, 3.8) is 0 Å². The SMILES string of the molecule is Cc1cccc(C2(N)CC(F)(F)C2)c1Cl. The van der Waals surface area contributed by atoms with Crippen LogP contribution in [-0.4, -0.2) is 5.92 Å². The number of rotatable bonds is 1. The third-order valence-corrected chi connectivity index (χ3v) is 3.38. The van der Waals surface area contributed by atoms with Crippen molar-refractivity contribution in [1.82, 2.24) is 0 Å². The van der Waals surface area contributed by atoms with Crippen molar-refractivity contribution in [2.45, 2.75) is 31.2 Å². The molecule has 1 aromatic carbocycles. The fourth-order valence-corrected chi connectivity index (χ4v) is 2.41. The van der Waals surface area contributed by atoms with Crippen molar-refractivity contribution >= 4 is 11.6 Å². The molecule has 2 N–H and O–H groups in total. The van der Waals surface area contributed by atoms with Gasteiger partial charge in [0, 0.05) is 17.9 Å². The molecule has 0 spiro atoms. The summed E-state index contributed by atoms with van der Waals surface area (Å²) in [5.74, 6) is -2.64. The Labute approximate surface area is 92.2 Å². The van der Waals surface area contributed by atoms with Crippen LogP contribution in [0.3, 0.4) is 0 Å². The molecular formula is C11H12ClF2N. The van der Waals surface area contributed by atoms with E-state index in [0.29, 0.717) is 10.6 Å². The first kappa shape index (κ1) is 10.8. The molecule has 0 aromatic heterocycles. The predicted octanol–water partition coefficient (Wildman–Crippen LogP) is 3.23. The fraction of sp³-hybridized carbons (Fsp3) is 0.455. The van der Waals surface area contributed by atoms with E-state index < -0.39 is 11.5 Å². The van der Waals surface area contributed by atoms with Crippen LogP contribution in [0.4, 0.5) is 8.78 Å². The topological polar surface area (TPSA) is 26.0 Å². The normalized spacial score (nSPS) is 22.2. The molecule has 2 rings (SSSR count). The van der Waals surface area contributed by atoms with Gasteiger partial charge in [-0.05, 0) is 18.1 Å². The quantitative estimate of drug-likeness (QED) is 0.789. The summed E-state index contributed by atoms with van der Waals surface area (Å²) in [5, 5.41) is 0.510. The Balaban J connectivity index is 2.36. The van der Waals surface area contributed by atoms with Gasteiger partial charge < -0.3 is 5.73 Å². The van der Waals surface area contributed by atoms with E-state index in [1.165, 1.54) is 0 Å². The summed E-state index contributed by atoms with van der Waals surface area (Å²) in [6, 6.07) is 5.36. The summed E-state index contributed by atoms with van der Waals surface area (Å²) >= 11 is 6.06. The Hall–Kier alpha value is -0.670. The van der Waals surface area contributed by atoms with E-state index in [9.17, 15) is 8.78 Å². The lowest BCUT2D eigenvalue weighted by Gasteiger charge is -2.45. The van der Waals surface area contributed by atoms with Gasteiger partial charge in [-0.15, -0.1) is 0 Å². The molecule has 1 saturated carbocycles. The number of benzene rings is 1. The van der Waals surface area contributed by atoms with Gasteiger partial charge in [0.05, 0.1) is 5.54 Å². The highest BCUT2D eigenvalue weighted by Gasteiger charge is 2.55. The van der Waals surface area contributed by atoms with Crippen molar-refractivity contribution in [1.29, 1.82) is 0 Å². The van der Waals surface area contributed by atoms with Crippen LogP contribution in [0.25, 0.3) is 0 Å². The summed E-state index contributed by atoms with van der Waals surface area (Å²) < 4.78 is 25.7. The lowest BCUT2D eigenvalue weighted by atomic mass is 9.69. The van der Waals surface area contributed by atoms with E-state index in [1.807, 2.05) is 13.0 Å². The molecular weight excluding hydrogens is 220 g/mol. The Morgan fingerprint density at radius 2 is 1.93 bits per heavy atom. The van der Waals surface area contributed by atoms with Gasteiger partial charge in [0.25, 0.3) is 5.92 Å². The highest BCUT2D eigenvalue weighted by Crippen LogP contribution is 2.51. The van der Waals surface area contributed by atoms with Crippen molar-refractivity contribution in [2.75, 3.05) is 0 Å². The number of aryl methyl sites for hydroxylation is 1. The van der Waals surface area contributed by atoms with Crippen LogP contribution in [0.1, 0.15) is 24.0 Å². The molecule has 0 heterocycles. The van der Waals surface area contributed by atoms with Gasteiger partial charge in [0.2, 0.25) is 0 Å². The van der Waals surface area contributed by atoms with E-state index in [-0.39, 0.29) is 12.8 Å². The van der Waals surface area contributed by atoms with Gasteiger partial charge in [-0.25, -0.2) is 8.78 Å². The Kier molecular flexibility index (Phi) is 2.28. The summed E-state index contributed by atoms with van der Waals surface area (Å²) in [6.07, 6.45) is -0.633. The molecule has 0 amide bonds. The molecule has 1 aliphatic carbocycles. The van der Waals surface area contributed by atoms with Gasteiger partial charge in [0.15, 0.2) is 0 Å². The van der Waals surface area contributed by atoms with Gasteiger partial charge >= 0.3 is 0 Å². The Bertz CT molecular complexity index is 396. The first-order chi connectivity index (χ1) is 6.84. The summed E-state index contributed by atoms with van der Waals surface area (Å²) in [7, 11) is 0. The molecule has 1 fully saturated rings. The molecule has 15 heavy (non-hydrogen) atoms. The summed E-state index contributed by atoms with van der Waals surface area (Å²) in [6.45, 7) is 1.84. The monoisotopic (exact) mass is 231 g/mol. The third-order valence-electron chi connectivity index (χ3n) is 2.88. The zero-order valence-electron chi connectivity index (χ0n) is 8.36. The molecule has 82 valence electrons. The van der Waals surface area contributed by atoms with Gasteiger partial charge in [0.1, 0.15) is 0 Å². The van der Waals surface area contributed by atoms with E-state index in [0.717, 1.165) is 5.56 Å². The van der Waals surface area contributed by atoms with Crippen molar-refractivity contribution < 1.29 is 8.78 Å². The molecule has 0 atom stereocenters. The van der Waals surface area contributed by atoms with Gasteiger partial charge in [-0.1, -0.05) is 29.8 Å². The van der Waals surface area contributed by atoms with E-state index in [4.69, 9.17) is 17.3 Å². The molecule has 1 aliphatic rings. The zero-order valence-corrected chi connectivity index (χ0v) is 9.11. The maximum Gasteiger partial charge on any atom is 0.252 e. The minimum absolute atomic E-state index is 0.316. The van der Waals surface area contributed by atoms with Crippen LogP contribution in [0.2, 0.25) is 5.02 Å². The molecule has 1 aromatic rings. The lowest BCUT2D eigenvalue weighted by molar-refractivity contribution is -0.125. The van der Waals surface area contributed by atoms with Crippen LogP contribution in [0.15, 0.2) is 18.2 Å². The third kappa shape index (κ3) is 1.74. The number of hydrogen-bond acceptors (Lipinski definition) is 1. The average Bonchev–Trinajstić information content (AvgIpc) is 2.05. The highest BCUT2D eigenvalue weighted by atomic mass is 35.5. The van der Waals surface area contributed by atoms with E-state index in [1.54, 1.807) is 12.1 Å². The number of nitrogens with two attached hydrogens (primary N) is 1. The highest BCUT2D eigenvalue weighted by molar-refractivity contribution is 6.32. The minimum Gasteiger partial charge on any atom is -0.321 e. The van der Waals surface area contributed by atoms with Crippen LogP contribution in [-0.2, 0) is 5.54 Å². The molecule has 0 aliphatic heterocycles. The molecule has 1 nitrogen and oxygen atoms in total.